The number of ether oxygens (including phenoxy) is 1. The van der Waals surface area contributed by atoms with Crippen molar-refractivity contribution in [3.05, 3.63) is 60.2 Å². The number of carbonyl (C=O) groups excluding carboxylic acids is 2. The van der Waals surface area contributed by atoms with Gasteiger partial charge in [-0.25, -0.2) is 0 Å². The number of amides is 2. The molecule has 2 aromatic rings. The van der Waals surface area contributed by atoms with Crippen molar-refractivity contribution in [3.8, 4) is 5.75 Å². The number of rotatable bonds is 10. The Hall–Kier alpha value is -2.47. The molecule has 0 bridgehead atoms. The van der Waals surface area contributed by atoms with Crippen molar-refractivity contribution in [2.75, 3.05) is 19.4 Å². The second-order valence-electron chi connectivity index (χ2n) is 7.29. The number of hydrogen-bond donors (Lipinski definition) is 1. The third-order valence-corrected chi connectivity index (χ3v) is 5.47. The molecule has 6 heteroatoms. The molecule has 156 valence electrons. The molecule has 0 unspecified atom stereocenters. The van der Waals surface area contributed by atoms with Gasteiger partial charge in [0.1, 0.15) is 11.8 Å². The van der Waals surface area contributed by atoms with Crippen molar-refractivity contribution in [2.45, 2.75) is 38.3 Å². The SMILES string of the molecule is COc1ccc(CN(C(=O)CSc2ccccc2)[C@@H](C)C(=O)NCC(C)C)cc1. The van der Waals surface area contributed by atoms with Gasteiger partial charge < -0.3 is 15.0 Å². The van der Waals surface area contributed by atoms with Gasteiger partial charge in [-0.3, -0.25) is 9.59 Å². The van der Waals surface area contributed by atoms with Crippen molar-refractivity contribution in [2.24, 2.45) is 5.92 Å². The molecule has 0 aliphatic rings. The van der Waals surface area contributed by atoms with Crippen LogP contribution in [0.4, 0.5) is 0 Å². The van der Waals surface area contributed by atoms with Crippen LogP contribution in [0.15, 0.2) is 59.5 Å². The molecule has 2 amide bonds. The van der Waals surface area contributed by atoms with Gasteiger partial charge in [-0.1, -0.05) is 44.2 Å². The largest absolute Gasteiger partial charge is 0.497 e. The molecular formula is C23H30N2O3S. The van der Waals surface area contributed by atoms with Crippen LogP contribution in [0.3, 0.4) is 0 Å². The molecule has 0 fully saturated rings. The number of thioether (sulfide) groups is 1. The Balaban J connectivity index is 2.11. The molecule has 0 spiro atoms. The van der Waals surface area contributed by atoms with E-state index in [0.717, 1.165) is 16.2 Å². The molecule has 0 aliphatic carbocycles. The third kappa shape index (κ3) is 7.46. The van der Waals surface area contributed by atoms with Crippen LogP contribution in [0.2, 0.25) is 0 Å². The summed E-state index contributed by atoms with van der Waals surface area (Å²) in [6.07, 6.45) is 0. The van der Waals surface area contributed by atoms with E-state index in [0.29, 0.717) is 19.0 Å². The standard InChI is InChI=1S/C23H30N2O3S/c1-17(2)14-24-23(27)18(3)25(15-19-10-12-20(28-4)13-11-19)22(26)16-29-21-8-6-5-7-9-21/h5-13,17-18H,14-16H2,1-4H3,(H,24,27)/t18-/m0/s1. The van der Waals surface area contributed by atoms with Crippen LogP contribution in [-0.2, 0) is 16.1 Å². The molecule has 0 aromatic heterocycles. The summed E-state index contributed by atoms with van der Waals surface area (Å²) >= 11 is 1.48. The second kappa shape index (κ2) is 11.5. The van der Waals surface area contributed by atoms with Crippen molar-refractivity contribution in [3.63, 3.8) is 0 Å². The highest BCUT2D eigenvalue weighted by atomic mass is 32.2. The molecule has 1 atom stereocenters. The lowest BCUT2D eigenvalue weighted by atomic mass is 10.1. The first kappa shape index (κ1) is 22.8. The highest BCUT2D eigenvalue weighted by molar-refractivity contribution is 8.00. The minimum absolute atomic E-state index is 0.0677. The van der Waals surface area contributed by atoms with E-state index in [1.165, 1.54) is 11.8 Å². The van der Waals surface area contributed by atoms with Gasteiger partial charge in [-0.05, 0) is 42.7 Å². The molecule has 1 N–H and O–H groups in total. The Morgan fingerprint density at radius 2 is 1.69 bits per heavy atom. The normalized spacial score (nSPS) is 11.8. The first-order valence-electron chi connectivity index (χ1n) is 9.78. The minimum Gasteiger partial charge on any atom is -0.497 e. The smallest absolute Gasteiger partial charge is 0.242 e. The van der Waals surface area contributed by atoms with Crippen LogP contribution in [0.1, 0.15) is 26.3 Å². The number of nitrogens with one attached hydrogen (secondary N) is 1. The van der Waals surface area contributed by atoms with Gasteiger partial charge in [-0.2, -0.15) is 0 Å². The summed E-state index contributed by atoms with van der Waals surface area (Å²) in [5, 5.41) is 2.94. The van der Waals surface area contributed by atoms with E-state index in [4.69, 9.17) is 4.74 Å². The zero-order valence-corrected chi connectivity index (χ0v) is 18.4. The van der Waals surface area contributed by atoms with E-state index in [1.54, 1.807) is 18.9 Å². The van der Waals surface area contributed by atoms with Gasteiger partial charge >= 0.3 is 0 Å². The topological polar surface area (TPSA) is 58.6 Å². The van der Waals surface area contributed by atoms with E-state index in [-0.39, 0.29) is 17.6 Å². The van der Waals surface area contributed by atoms with Crippen LogP contribution in [-0.4, -0.2) is 42.2 Å². The predicted molar refractivity (Wildman–Crippen MR) is 118 cm³/mol. The summed E-state index contributed by atoms with van der Waals surface area (Å²) in [4.78, 5) is 28.3. The Morgan fingerprint density at radius 3 is 2.28 bits per heavy atom. The number of hydrogen-bond acceptors (Lipinski definition) is 4. The fourth-order valence-corrected chi connectivity index (χ4v) is 3.51. The fraction of sp³-hybridized carbons (Fsp3) is 0.391. The summed E-state index contributed by atoms with van der Waals surface area (Å²) in [5.41, 5.74) is 0.951. The maximum absolute atomic E-state index is 13.0. The van der Waals surface area contributed by atoms with E-state index in [2.05, 4.69) is 5.32 Å². The van der Waals surface area contributed by atoms with Crippen LogP contribution in [0.5, 0.6) is 5.75 Å². The molecule has 0 heterocycles. The predicted octanol–water partition coefficient (Wildman–Crippen LogP) is 3.98. The number of carbonyl (C=O) groups is 2. The summed E-state index contributed by atoms with van der Waals surface area (Å²) in [6, 6.07) is 16.8. The molecule has 0 saturated carbocycles. The van der Waals surface area contributed by atoms with E-state index < -0.39 is 6.04 Å². The molecule has 29 heavy (non-hydrogen) atoms. The maximum Gasteiger partial charge on any atom is 0.242 e. The number of benzene rings is 2. The van der Waals surface area contributed by atoms with Crippen molar-refractivity contribution >= 4 is 23.6 Å². The lowest BCUT2D eigenvalue weighted by molar-refractivity contribution is -0.138. The van der Waals surface area contributed by atoms with Gasteiger partial charge in [0.05, 0.1) is 12.9 Å². The van der Waals surface area contributed by atoms with Gasteiger partial charge in [0.2, 0.25) is 11.8 Å². The van der Waals surface area contributed by atoms with Crippen molar-refractivity contribution < 1.29 is 14.3 Å². The van der Waals surface area contributed by atoms with Gasteiger partial charge in [0, 0.05) is 18.0 Å². The Morgan fingerprint density at radius 1 is 1.03 bits per heavy atom. The van der Waals surface area contributed by atoms with Crippen molar-refractivity contribution in [1.82, 2.24) is 10.2 Å². The van der Waals surface area contributed by atoms with E-state index in [1.807, 2.05) is 68.4 Å². The van der Waals surface area contributed by atoms with Gasteiger partial charge in [0.25, 0.3) is 0 Å². The fourth-order valence-electron chi connectivity index (χ4n) is 2.71. The third-order valence-electron chi connectivity index (χ3n) is 4.47. The summed E-state index contributed by atoms with van der Waals surface area (Å²) < 4.78 is 5.20. The lowest BCUT2D eigenvalue weighted by Crippen LogP contribution is -2.48. The molecule has 2 rings (SSSR count). The molecule has 0 saturated heterocycles. The molecule has 0 aliphatic heterocycles. The average molecular weight is 415 g/mol. The van der Waals surface area contributed by atoms with Crippen molar-refractivity contribution in [1.29, 1.82) is 0 Å². The minimum atomic E-state index is -0.556. The Bertz CT molecular complexity index is 778. The van der Waals surface area contributed by atoms with Crippen LogP contribution >= 0.6 is 11.8 Å². The highest BCUT2D eigenvalue weighted by Crippen LogP contribution is 2.20. The van der Waals surface area contributed by atoms with Gasteiger partial charge in [0.15, 0.2) is 0 Å². The quantitative estimate of drug-likeness (QED) is 0.598. The Kier molecular flexibility index (Phi) is 9.06. The van der Waals surface area contributed by atoms with Gasteiger partial charge in [-0.15, -0.1) is 11.8 Å². The molecule has 0 radical (unpaired) electrons. The second-order valence-corrected chi connectivity index (χ2v) is 8.34. The molecule has 2 aromatic carbocycles. The summed E-state index contributed by atoms with van der Waals surface area (Å²) in [6.45, 7) is 6.83. The zero-order valence-electron chi connectivity index (χ0n) is 17.6. The highest BCUT2D eigenvalue weighted by Gasteiger charge is 2.26. The monoisotopic (exact) mass is 414 g/mol. The van der Waals surface area contributed by atoms with Crippen LogP contribution in [0, 0.1) is 5.92 Å². The van der Waals surface area contributed by atoms with Crippen LogP contribution < -0.4 is 10.1 Å². The Labute approximate surface area is 177 Å². The summed E-state index contributed by atoms with van der Waals surface area (Å²) in [7, 11) is 1.62. The molecular weight excluding hydrogens is 384 g/mol. The maximum atomic E-state index is 13.0. The first-order valence-corrected chi connectivity index (χ1v) is 10.8. The van der Waals surface area contributed by atoms with E-state index in [9.17, 15) is 9.59 Å². The zero-order chi connectivity index (χ0) is 21.2. The first-order chi connectivity index (χ1) is 13.9. The lowest BCUT2D eigenvalue weighted by Gasteiger charge is -2.29. The number of nitrogens with zero attached hydrogens (tertiary/aromatic N) is 1. The number of methoxy groups -OCH3 is 1. The van der Waals surface area contributed by atoms with E-state index >= 15 is 0 Å². The molecule has 5 nitrogen and oxygen atoms in total. The summed E-state index contributed by atoms with van der Waals surface area (Å²) in [5.74, 6) is 1.19. The average Bonchev–Trinajstić information content (AvgIpc) is 2.74. The van der Waals surface area contributed by atoms with Crippen LogP contribution in [0.25, 0.3) is 0 Å².